The van der Waals surface area contributed by atoms with E-state index in [9.17, 15) is 4.79 Å². The van der Waals surface area contributed by atoms with Gasteiger partial charge >= 0.3 is 6.09 Å². The quantitative estimate of drug-likeness (QED) is 0.846. The van der Waals surface area contributed by atoms with E-state index in [0.29, 0.717) is 24.5 Å². The summed E-state index contributed by atoms with van der Waals surface area (Å²) >= 11 is 0. The zero-order chi connectivity index (χ0) is 15.2. The molecule has 5 nitrogen and oxygen atoms in total. The maximum absolute atomic E-state index is 11.9. The van der Waals surface area contributed by atoms with Crippen molar-refractivity contribution in [3.63, 3.8) is 0 Å². The van der Waals surface area contributed by atoms with Gasteiger partial charge in [-0.2, -0.15) is 0 Å². The molecule has 110 valence electrons. The van der Waals surface area contributed by atoms with Crippen molar-refractivity contribution in [1.29, 1.82) is 0 Å². The molecule has 5 heteroatoms. The van der Waals surface area contributed by atoms with Crippen LogP contribution >= 0.6 is 0 Å². The summed E-state index contributed by atoms with van der Waals surface area (Å²) in [5.74, 6) is 0. The van der Waals surface area contributed by atoms with E-state index < -0.39 is 0 Å². The molecule has 0 saturated heterocycles. The van der Waals surface area contributed by atoms with Crippen molar-refractivity contribution < 1.29 is 9.53 Å². The number of hydrogen-bond acceptors (Lipinski definition) is 4. The van der Waals surface area contributed by atoms with Crippen molar-refractivity contribution in [2.45, 2.75) is 13.1 Å². The minimum Gasteiger partial charge on any atom is -0.453 e. The van der Waals surface area contributed by atoms with Crippen LogP contribution in [0.5, 0.6) is 0 Å². The normalized spacial score (nSPS) is 10.1. The van der Waals surface area contributed by atoms with E-state index in [-0.39, 0.29) is 6.09 Å². The van der Waals surface area contributed by atoms with Gasteiger partial charge in [0.25, 0.3) is 0 Å². The van der Waals surface area contributed by atoms with Gasteiger partial charge in [0, 0.05) is 24.5 Å². The van der Waals surface area contributed by atoms with Gasteiger partial charge in [-0.3, -0.25) is 4.90 Å². The van der Waals surface area contributed by atoms with E-state index in [1.807, 2.05) is 48.5 Å². The molecular weight excluding hydrogens is 266 g/mol. The Bertz CT molecular complexity index is 546. The zero-order valence-corrected chi connectivity index (χ0v) is 12.0. The Morgan fingerprint density at radius 2 is 1.29 bits per heavy atom. The monoisotopic (exact) mass is 285 g/mol. The summed E-state index contributed by atoms with van der Waals surface area (Å²) in [4.78, 5) is 13.5. The van der Waals surface area contributed by atoms with Crippen LogP contribution in [-0.2, 0) is 17.8 Å². The number of ether oxygens (including phenoxy) is 1. The van der Waals surface area contributed by atoms with Crippen molar-refractivity contribution in [2.24, 2.45) is 0 Å². The molecule has 0 aliphatic carbocycles. The molecule has 0 radical (unpaired) electrons. The minimum absolute atomic E-state index is 0.372. The number of nitrogens with zero attached hydrogens (tertiary/aromatic N) is 1. The van der Waals surface area contributed by atoms with Gasteiger partial charge in [-0.25, -0.2) is 4.79 Å². The average Bonchev–Trinajstić information content (AvgIpc) is 2.50. The number of benzene rings is 2. The summed E-state index contributed by atoms with van der Waals surface area (Å²) < 4.78 is 4.84. The number of nitrogen functional groups attached to an aromatic ring is 2. The third kappa shape index (κ3) is 4.14. The number of anilines is 2. The molecule has 21 heavy (non-hydrogen) atoms. The molecule has 2 aromatic rings. The molecule has 0 spiro atoms. The smallest absolute Gasteiger partial charge is 0.410 e. The van der Waals surface area contributed by atoms with E-state index >= 15 is 0 Å². The van der Waals surface area contributed by atoms with E-state index in [4.69, 9.17) is 16.2 Å². The number of carbonyl (C=O) groups excluding carboxylic acids is 1. The number of rotatable bonds is 4. The highest BCUT2D eigenvalue weighted by molar-refractivity contribution is 5.67. The van der Waals surface area contributed by atoms with Crippen LogP contribution in [0.4, 0.5) is 16.2 Å². The van der Waals surface area contributed by atoms with Crippen LogP contribution in [0.1, 0.15) is 11.1 Å². The molecule has 2 aromatic carbocycles. The highest BCUT2D eigenvalue weighted by atomic mass is 16.5. The van der Waals surface area contributed by atoms with Crippen molar-refractivity contribution >= 4 is 17.5 Å². The number of hydrogen-bond donors (Lipinski definition) is 2. The van der Waals surface area contributed by atoms with Crippen LogP contribution in [0.25, 0.3) is 0 Å². The molecule has 0 atom stereocenters. The lowest BCUT2D eigenvalue weighted by Crippen LogP contribution is -2.29. The van der Waals surface area contributed by atoms with Gasteiger partial charge in [-0.1, -0.05) is 24.3 Å². The van der Waals surface area contributed by atoms with E-state index in [1.165, 1.54) is 7.11 Å². The first kappa shape index (κ1) is 14.7. The van der Waals surface area contributed by atoms with Gasteiger partial charge in [-0.05, 0) is 35.4 Å². The molecule has 4 N–H and O–H groups in total. The van der Waals surface area contributed by atoms with Crippen LogP contribution in [0, 0.1) is 0 Å². The Balaban J connectivity index is 2.12. The van der Waals surface area contributed by atoms with Crippen LogP contribution in [0.3, 0.4) is 0 Å². The molecule has 0 aliphatic rings. The lowest BCUT2D eigenvalue weighted by Gasteiger charge is -2.21. The summed E-state index contributed by atoms with van der Waals surface area (Å²) in [6.45, 7) is 0.911. The molecule has 0 aliphatic heterocycles. The Morgan fingerprint density at radius 3 is 1.62 bits per heavy atom. The second-order valence-electron chi connectivity index (χ2n) is 4.81. The summed E-state index contributed by atoms with van der Waals surface area (Å²) in [7, 11) is 1.38. The molecule has 0 fully saturated rings. The molecular formula is C16H19N3O2. The zero-order valence-electron chi connectivity index (χ0n) is 12.0. The van der Waals surface area contributed by atoms with Crippen LogP contribution in [0.2, 0.25) is 0 Å². The van der Waals surface area contributed by atoms with Gasteiger partial charge < -0.3 is 16.2 Å². The highest BCUT2D eigenvalue weighted by Crippen LogP contribution is 2.14. The van der Waals surface area contributed by atoms with E-state index in [1.54, 1.807) is 4.90 Å². The second-order valence-corrected chi connectivity index (χ2v) is 4.81. The largest absolute Gasteiger partial charge is 0.453 e. The van der Waals surface area contributed by atoms with Gasteiger partial charge in [0.05, 0.1) is 7.11 Å². The van der Waals surface area contributed by atoms with Crippen molar-refractivity contribution in [3.05, 3.63) is 59.7 Å². The van der Waals surface area contributed by atoms with Gasteiger partial charge in [-0.15, -0.1) is 0 Å². The fourth-order valence-corrected chi connectivity index (χ4v) is 2.00. The fourth-order valence-electron chi connectivity index (χ4n) is 2.00. The Labute approximate surface area is 124 Å². The number of methoxy groups -OCH3 is 1. The Hall–Kier alpha value is -2.69. The van der Waals surface area contributed by atoms with Crippen molar-refractivity contribution in [2.75, 3.05) is 18.6 Å². The summed E-state index contributed by atoms with van der Waals surface area (Å²) in [6.07, 6.45) is -0.372. The molecule has 0 saturated carbocycles. The van der Waals surface area contributed by atoms with Gasteiger partial charge in [0.15, 0.2) is 0 Å². The maximum Gasteiger partial charge on any atom is 0.410 e. The Morgan fingerprint density at radius 1 is 0.905 bits per heavy atom. The van der Waals surface area contributed by atoms with Crippen molar-refractivity contribution in [1.82, 2.24) is 4.90 Å². The first-order valence-corrected chi connectivity index (χ1v) is 6.60. The first-order chi connectivity index (χ1) is 10.1. The standard InChI is InChI=1S/C16H19N3O2/c1-21-16(20)19(10-12-2-6-14(17)7-3-12)11-13-4-8-15(18)9-5-13/h2-9H,10-11,17-18H2,1H3. The van der Waals surface area contributed by atoms with Crippen LogP contribution < -0.4 is 11.5 Å². The second kappa shape index (κ2) is 6.65. The van der Waals surface area contributed by atoms with E-state index in [2.05, 4.69) is 0 Å². The van der Waals surface area contributed by atoms with E-state index in [0.717, 1.165) is 11.1 Å². The molecule has 0 bridgehead atoms. The molecule has 0 unspecified atom stereocenters. The lowest BCUT2D eigenvalue weighted by molar-refractivity contribution is 0.118. The fraction of sp³-hybridized carbons (Fsp3) is 0.188. The SMILES string of the molecule is COC(=O)N(Cc1ccc(N)cc1)Cc1ccc(N)cc1. The van der Waals surface area contributed by atoms with Gasteiger partial charge in [0.1, 0.15) is 0 Å². The van der Waals surface area contributed by atoms with Crippen molar-refractivity contribution in [3.8, 4) is 0 Å². The predicted molar refractivity (Wildman–Crippen MR) is 83.4 cm³/mol. The minimum atomic E-state index is -0.372. The lowest BCUT2D eigenvalue weighted by atomic mass is 10.1. The summed E-state index contributed by atoms with van der Waals surface area (Å²) in [5.41, 5.74) is 14.7. The molecule has 2 rings (SSSR count). The number of carbonyl (C=O) groups is 1. The topological polar surface area (TPSA) is 81.6 Å². The number of amides is 1. The third-order valence-electron chi connectivity index (χ3n) is 3.14. The summed E-state index contributed by atoms with van der Waals surface area (Å²) in [6, 6.07) is 14.8. The molecule has 0 heterocycles. The highest BCUT2D eigenvalue weighted by Gasteiger charge is 2.14. The van der Waals surface area contributed by atoms with Crippen LogP contribution in [-0.4, -0.2) is 18.1 Å². The Kier molecular flexibility index (Phi) is 4.66. The maximum atomic E-state index is 11.9. The van der Waals surface area contributed by atoms with Crippen LogP contribution in [0.15, 0.2) is 48.5 Å². The third-order valence-corrected chi connectivity index (χ3v) is 3.14. The number of nitrogens with two attached hydrogens (primary N) is 2. The average molecular weight is 285 g/mol. The van der Waals surface area contributed by atoms with Gasteiger partial charge in [0.2, 0.25) is 0 Å². The summed E-state index contributed by atoms with van der Waals surface area (Å²) in [5, 5.41) is 0. The predicted octanol–water partition coefficient (Wildman–Crippen LogP) is 2.62. The molecule has 0 aromatic heterocycles. The molecule has 1 amide bonds. The first-order valence-electron chi connectivity index (χ1n) is 6.60.